The maximum atomic E-state index is 12.9. The highest BCUT2D eigenvalue weighted by atomic mass is 16.2. The summed E-state index contributed by atoms with van der Waals surface area (Å²) < 4.78 is 1.96. The summed E-state index contributed by atoms with van der Waals surface area (Å²) >= 11 is 0. The number of benzene rings is 1. The predicted molar refractivity (Wildman–Crippen MR) is 88.9 cm³/mol. The van der Waals surface area contributed by atoms with Crippen LogP contribution in [-0.4, -0.2) is 45.2 Å². The molecular weight excluding hydrogens is 302 g/mol. The number of piperidine rings is 1. The number of rotatable bonds is 2. The topological polar surface area (TPSA) is 63.1 Å². The minimum absolute atomic E-state index is 0.00880. The minimum atomic E-state index is -0.00880. The fraction of sp³-hybridized carbons (Fsp3) is 0.500. The largest absolute Gasteiger partial charge is 0.331 e. The smallest absolute Gasteiger partial charge is 0.227 e. The van der Waals surface area contributed by atoms with E-state index >= 15 is 0 Å². The lowest BCUT2D eigenvalue weighted by atomic mass is 10.1. The molecule has 6 nitrogen and oxygen atoms in total. The Hall–Kier alpha value is -2.21. The van der Waals surface area contributed by atoms with Crippen LogP contribution in [0.15, 0.2) is 30.3 Å². The van der Waals surface area contributed by atoms with E-state index in [0.717, 1.165) is 43.4 Å². The number of hydrogen-bond donors (Lipinski definition) is 1. The molecule has 1 aromatic carbocycles. The van der Waals surface area contributed by atoms with Gasteiger partial charge in [-0.05, 0) is 31.8 Å². The lowest BCUT2D eigenvalue weighted by molar-refractivity contribution is -0.136. The molecule has 0 bridgehead atoms. The highest BCUT2D eigenvalue weighted by Gasteiger charge is 2.58. The molecule has 2 fully saturated rings. The van der Waals surface area contributed by atoms with Gasteiger partial charge in [0.15, 0.2) is 5.82 Å². The first-order valence-electron chi connectivity index (χ1n) is 8.75. The first-order valence-corrected chi connectivity index (χ1v) is 8.75. The molecule has 4 atom stereocenters. The van der Waals surface area contributed by atoms with Crippen LogP contribution in [0.4, 0.5) is 0 Å². The second-order valence-electron chi connectivity index (χ2n) is 7.10. The van der Waals surface area contributed by atoms with E-state index in [1.54, 1.807) is 0 Å². The number of amides is 1. The molecule has 6 heteroatoms. The number of carbonyl (C=O) groups excluding carboxylic acids is 1. The van der Waals surface area contributed by atoms with Crippen LogP contribution in [0, 0.1) is 17.8 Å². The Bertz CT molecular complexity index is 776. The third-order valence-corrected chi connectivity index (χ3v) is 5.79. The number of aromatic nitrogens is 3. The molecular formula is C18H21N5O. The Morgan fingerprint density at radius 3 is 2.67 bits per heavy atom. The van der Waals surface area contributed by atoms with Crippen LogP contribution in [0.1, 0.15) is 18.8 Å². The van der Waals surface area contributed by atoms with Crippen LogP contribution >= 0.6 is 0 Å². The van der Waals surface area contributed by atoms with E-state index in [9.17, 15) is 4.79 Å². The van der Waals surface area contributed by atoms with E-state index in [-0.39, 0.29) is 12.0 Å². The van der Waals surface area contributed by atoms with Gasteiger partial charge in [-0.15, -0.1) is 0 Å². The highest BCUT2D eigenvalue weighted by Crippen LogP contribution is 2.50. The Morgan fingerprint density at radius 2 is 1.92 bits per heavy atom. The summed E-state index contributed by atoms with van der Waals surface area (Å²) in [6, 6.07) is 10.0. The third-order valence-electron chi connectivity index (χ3n) is 5.79. The molecule has 1 amide bonds. The Labute approximate surface area is 140 Å². The molecule has 24 heavy (non-hydrogen) atoms. The van der Waals surface area contributed by atoms with Crippen molar-refractivity contribution >= 4 is 5.91 Å². The van der Waals surface area contributed by atoms with Crippen molar-refractivity contribution in [1.29, 1.82) is 0 Å². The summed E-state index contributed by atoms with van der Waals surface area (Å²) in [4.78, 5) is 19.7. The van der Waals surface area contributed by atoms with Crippen molar-refractivity contribution in [2.24, 2.45) is 17.8 Å². The van der Waals surface area contributed by atoms with Crippen LogP contribution in [-0.2, 0) is 11.3 Å². The van der Waals surface area contributed by atoms with Gasteiger partial charge in [0.2, 0.25) is 5.91 Å². The second-order valence-corrected chi connectivity index (χ2v) is 7.10. The van der Waals surface area contributed by atoms with Crippen molar-refractivity contribution in [3.63, 3.8) is 0 Å². The summed E-state index contributed by atoms with van der Waals surface area (Å²) in [6.45, 7) is 5.53. The molecule has 1 aromatic heterocycles. The summed E-state index contributed by atoms with van der Waals surface area (Å²) in [5.41, 5.74) is 1.02. The Balaban J connectivity index is 1.40. The van der Waals surface area contributed by atoms with E-state index in [1.807, 2.05) is 39.9 Å². The van der Waals surface area contributed by atoms with Gasteiger partial charge in [-0.2, -0.15) is 5.10 Å². The maximum absolute atomic E-state index is 12.9. The molecule has 1 unspecified atom stereocenters. The maximum Gasteiger partial charge on any atom is 0.227 e. The number of carbonyl (C=O) groups is 1. The van der Waals surface area contributed by atoms with Crippen LogP contribution < -0.4 is 5.32 Å². The molecule has 1 saturated carbocycles. The van der Waals surface area contributed by atoms with Gasteiger partial charge in [0, 0.05) is 18.0 Å². The second kappa shape index (κ2) is 5.14. The number of nitrogens with one attached hydrogen (secondary N) is 1. The molecule has 2 aliphatic heterocycles. The molecule has 3 heterocycles. The average Bonchev–Trinajstić information content (AvgIpc) is 2.98. The van der Waals surface area contributed by atoms with Gasteiger partial charge in [0.05, 0.1) is 12.6 Å². The first-order chi connectivity index (χ1) is 11.7. The molecule has 2 aromatic rings. The molecule has 0 spiro atoms. The van der Waals surface area contributed by atoms with Gasteiger partial charge in [-0.3, -0.25) is 4.79 Å². The van der Waals surface area contributed by atoms with Gasteiger partial charge in [-0.1, -0.05) is 30.3 Å². The van der Waals surface area contributed by atoms with Crippen molar-refractivity contribution in [3.05, 3.63) is 36.2 Å². The zero-order valence-corrected chi connectivity index (χ0v) is 13.7. The van der Waals surface area contributed by atoms with Crippen LogP contribution in [0.3, 0.4) is 0 Å². The molecule has 0 radical (unpaired) electrons. The number of nitrogens with zero attached hydrogens (tertiary/aromatic N) is 4. The van der Waals surface area contributed by atoms with Crippen LogP contribution in [0.25, 0.3) is 11.4 Å². The van der Waals surface area contributed by atoms with Gasteiger partial charge >= 0.3 is 0 Å². The molecule has 3 aliphatic rings. The predicted octanol–water partition coefficient (Wildman–Crippen LogP) is 1.31. The lowest BCUT2D eigenvalue weighted by Gasteiger charge is -2.33. The van der Waals surface area contributed by atoms with Crippen molar-refractivity contribution < 1.29 is 4.79 Å². The summed E-state index contributed by atoms with van der Waals surface area (Å²) in [5, 5.41) is 8.00. The fourth-order valence-corrected chi connectivity index (χ4v) is 4.35. The molecule has 124 valence electrons. The van der Waals surface area contributed by atoms with Gasteiger partial charge < -0.3 is 10.2 Å². The Morgan fingerprint density at radius 1 is 1.17 bits per heavy atom. The van der Waals surface area contributed by atoms with Gasteiger partial charge in [0.25, 0.3) is 0 Å². The molecule has 1 aliphatic carbocycles. The summed E-state index contributed by atoms with van der Waals surface area (Å²) in [7, 11) is 0. The molecule has 1 saturated heterocycles. The van der Waals surface area contributed by atoms with E-state index in [0.29, 0.717) is 17.7 Å². The highest BCUT2D eigenvalue weighted by molar-refractivity contribution is 5.83. The summed E-state index contributed by atoms with van der Waals surface area (Å²) in [6.07, 6.45) is 0. The first kappa shape index (κ1) is 14.2. The quantitative estimate of drug-likeness (QED) is 0.905. The van der Waals surface area contributed by atoms with Crippen molar-refractivity contribution in [2.45, 2.75) is 19.5 Å². The van der Waals surface area contributed by atoms with Gasteiger partial charge in [-0.25, -0.2) is 9.67 Å². The number of fused-ring (bicyclic) bond motifs is 2. The summed E-state index contributed by atoms with van der Waals surface area (Å²) in [5.74, 6) is 3.32. The Kier molecular flexibility index (Phi) is 3.03. The monoisotopic (exact) mass is 323 g/mol. The number of hydrogen-bond acceptors (Lipinski definition) is 4. The zero-order valence-electron chi connectivity index (χ0n) is 13.7. The average molecular weight is 323 g/mol. The van der Waals surface area contributed by atoms with Gasteiger partial charge in [0.1, 0.15) is 5.82 Å². The third kappa shape index (κ3) is 2.02. The lowest BCUT2D eigenvalue weighted by Crippen LogP contribution is -2.43. The minimum Gasteiger partial charge on any atom is -0.331 e. The van der Waals surface area contributed by atoms with E-state index in [2.05, 4.69) is 17.3 Å². The zero-order chi connectivity index (χ0) is 16.3. The molecule has 5 rings (SSSR count). The van der Waals surface area contributed by atoms with Crippen molar-refractivity contribution in [3.8, 4) is 11.4 Å². The van der Waals surface area contributed by atoms with Crippen LogP contribution in [0.2, 0.25) is 0 Å². The van der Waals surface area contributed by atoms with E-state index in [1.165, 1.54) is 0 Å². The molecule has 1 N–H and O–H groups in total. The standard InChI is InChI=1S/C18H21N5O/c1-11-17-20-16(12-5-3-2-4-6-12)21-23(17)8-7-22(11)18(24)15-13-9-19-10-14(13)15/h2-6,11,13-15,19H,7-10H2,1H3/t11-,13-,14+,15?/m0/s1. The fourth-order valence-electron chi connectivity index (χ4n) is 4.35. The SMILES string of the molecule is C[C@H]1c2nc(-c3ccccc3)nn2CCN1C(=O)C1[C@H]2CNC[C@@H]12. The van der Waals surface area contributed by atoms with E-state index in [4.69, 9.17) is 4.98 Å². The van der Waals surface area contributed by atoms with E-state index < -0.39 is 0 Å². The van der Waals surface area contributed by atoms with Crippen LogP contribution in [0.5, 0.6) is 0 Å². The normalized spacial score (nSPS) is 30.8. The van der Waals surface area contributed by atoms with Crippen molar-refractivity contribution in [1.82, 2.24) is 25.0 Å². The van der Waals surface area contributed by atoms with Crippen molar-refractivity contribution in [2.75, 3.05) is 19.6 Å².